The van der Waals surface area contributed by atoms with Crippen LogP contribution in [0.15, 0.2) is 53.3 Å². The van der Waals surface area contributed by atoms with Crippen LogP contribution in [0.1, 0.15) is 11.4 Å². The number of rotatable bonds is 6. The third-order valence-corrected chi connectivity index (χ3v) is 5.73. The molecule has 1 aromatic heterocycles. The van der Waals surface area contributed by atoms with Crippen molar-refractivity contribution in [3.05, 3.63) is 70.3 Å². The van der Waals surface area contributed by atoms with E-state index in [1.54, 1.807) is 10.6 Å². The molecule has 2 heterocycles. The summed E-state index contributed by atoms with van der Waals surface area (Å²) in [7, 11) is 0. The van der Waals surface area contributed by atoms with Crippen molar-refractivity contribution in [2.24, 2.45) is 0 Å². The van der Waals surface area contributed by atoms with Crippen molar-refractivity contribution in [1.82, 2.24) is 14.9 Å². The van der Waals surface area contributed by atoms with Gasteiger partial charge in [-0.2, -0.15) is 0 Å². The van der Waals surface area contributed by atoms with Crippen LogP contribution in [-0.4, -0.2) is 32.6 Å². The lowest BCUT2D eigenvalue weighted by Gasteiger charge is -2.12. The van der Waals surface area contributed by atoms with Crippen molar-refractivity contribution < 1.29 is 14.3 Å². The molecule has 3 aromatic rings. The van der Waals surface area contributed by atoms with Gasteiger partial charge in [0.05, 0.1) is 22.7 Å². The first kappa shape index (κ1) is 19.2. The maximum absolute atomic E-state index is 12.7. The Morgan fingerprint density at radius 3 is 2.59 bits per heavy atom. The predicted molar refractivity (Wildman–Crippen MR) is 111 cm³/mol. The fourth-order valence-corrected chi connectivity index (χ4v) is 4.12. The van der Waals surface area contributed by atoms with E-state index in [4.69, 9.17) is 4.74 Å². The highest BCUT2D eigenvalue weighted by Gasteiger charge is 2.31. The van der Waals surface area contributed by atoms with Gasteiger partial charge in [0.1, 0.15) is 18.2 Å². The molecule has 1 saturated heterocycles. The van der Waals surface area contributed by atoms with Crippen LogP contribution in [0.25, 0.3) is 10.9 Å². The number of aryl methyl sites for hydroxylation is 1. The summed E-state index contributed by atoms with van der Waals surface area (Å²) in [6, 6.07) is 14.7. The second-order valence-corrected chi connectivity index (χ2v) is 7.89. The second kappa shape index (κ2) is 8.08. The van der Waals surface area contributed by atoms with E-state index in [1.165, 1.54) is 0 Å². The van der Waals surface area contributed by atoms with Crippen LogP contribution in [0.5, 0.6) is 5.75 Å². The Balaban J connectivity index is 1.38. The van der Waals surface area contributed by atoms with Gasteiger partial charge in [0.15, 0.2) is 0 Å². The van der Waals surface area contributed by atoms with Gasteiger partial charge in [-0.1, -0.05) is 36.0 Å². The highest BCUT2D eigenvalue weighted by atomic mass is 32.2. The summed E-state index contributed by atoms with van der Waals surface area (Å²) in [5.41, 5.74) is 1.57. The number of benzene rings is 2. The fourth-order valence-electron chi connectivity index (χ4n) is 3.26. The molecule has 1 aliphatic rings. The number of hydrogen-bond acceptors (Lipinski definition) is 6. The first-order valence-electron chi connectivity index (χ1n) is 9.20. The van der Waals surface area contributed by atoms with E-state index in [9.17, 15) is 14.4 Å². The lowest BCUT2D eigenvalue weighted by molar-refractivity contribution is -0.118. The van der Waals surface area contributed by atoms with Crippen molar-refractivity contribution >= 4 is 33.8 Å². The third-order valence-electron chi connectivity index (χ3n) is 4.75. The number of para-hydroxylation sites is 1. The minimum atomic E-state index is -0.385. The smallest absolute Gasteiger partial charge is 0.286 e. The number of hydrogen-bond donors (Lipinski definition) is 1. The van der Waals surface area contributed by atoms with Crippen LogP contribution in [-0.2, 0) is 17.8 Å². The summed E-state index contributed by atoms with van der Waals surface area (Å²) in [4.78, 5) is 40.0. The number of amides is 2. The Hall–Kier alpha value is -3.13. The van der Waals surface area contributed by atoms with Crippen molar-refractivity contribution in [2.45, 2.75) is 25.1 Å². The molecule has 1 N–H and O–H groups in total. The fraction of sp³-hybridized carbons (Fsp3) is 0.238. The Labute approximate surface area is 171 Å². The van der Waals surface area contributed by atoms with Gasteiger partial charge in [-0.05, 0) is 43.2 Å². The summed E-state index contributed by atoms with van der Waals surface area (Å²) in [5.74, 6) is 1.08. The molecular weight excluding hydrogens is 390 g/mol. The number of nitrogens with zero attached hydrogens (tertiary/aromatic N) is 2. The minimum Gasteiger partial charge on any atom is -0.492 e. The molecule has 29 heavy (non-hydrogen) atoms. The van der Waals surface area contributed by atoms with E-state index in [0.29, 0.717) is 42.0 Å². The van der Waals surface area contributed by atoms with E-state index < -0.39 is 0 Å². The average Bonchev–Trinajstić information content (AvgIpc) is 3.02. The standard InChI is InChI=1S/C21H19N3O4S/c1-13-22-17-5-3-2-4-16(17)20(26)24(13)10-11-28-15-8-6-14(7-9-15)12-18-19(25)23-21(27)29-18/h2-9,18H,10-12H2,1H3,(H,23,25,27). The molecule has 4 rings (SSSR count). The Morgan fingerprint density at radius 1 is 1.10 bits per heavy atom. The number of carbonyl (C=O) groups is 2. The summed E-state index contributed by atoms with van der Waals surface area (Å²) in [6.07, 6.45) is 0.486. The van der Waals surface area contributed by atoms with Gasteiger partial charge < -0.3 is 4.74 Å². The molecule has 1 aliphatic heterocycles. The molecule has 1 atom stereocenters. The summed E-state index contributed by atoms with van der Waals surface area (Å²) >= 11 is 1.02. The monoisotopic (exact) mass is 409 g/mol. The molecule has 1 fully saturated rings. The number of ether oxygens (including phenoxy) is 1. The van der Waals surface area contributed by atoms with E-state index in [1.807, 2.05) is 49.4 Å². The van der Waals surface area contributed by atoms with Crippen LogP contribution in [0.2, 0.25) is 0 Å². The number of carbonyl (C=O) groups excluding carboxylic acids is 2. The van der Waals surface area contributed by atoms with Gasteiger partial charge in [-0.25, -0.2) is 4.98 Å². The second-order valence-electron chi connectivity index (χ2n) is 6.71. The molecule has 2 amide bonds. The molecule has 7 nitrogen and oxygen atoms in total. The van der Waals surface area contributed by atoms with Crippen molar-refractivity contribution in [2.75, 3.05) is 6.61 Å². The zero-order valence-electron chi connectivity index (χ0n) is 15.8. The van der Waals surface area contributed by atoms with Crippen LogP contribution in [0, 0.1) is 6.92 Å². The van der Waals surface area contributed by atoms with E-state index >= 15 is 0 Å². The van der Waals surface area contributed by atoms with Crippen LogP contribution in [0.4, 0.5) is 4.79 Å². The van der Waals surface area contributed by atoms with E-state index in [-0.39, 0.29) is 22.0 Å². The van der Waals surface area contributed by atoms with E-state index in [2.05, 4.69) is 10.3 Å². The number of fused-ring (bicyclic) bond motifs is 1. The first-order valence-corrected chi connectivity index (χ1v) is 10.1. The van der Waals surface area contributed by atoms with Crippen molar-refractivity contribution in [1.29, 1.82) is 0 Å². The molecule has 0 spiro atoms. The van der Waals surface area contributed by atoms with Gasteiger partial charge in [-0.15, -0.1) is 0 Å². The Kier molecular flexibility index (Phi) is 5.35. The lowest BCUT2D eigenvalue weighted by Crippen LogP contribution is -2.26. The van der Waals surface area contributed by atoms with Crippen LogP contribution >= 0.6 is 11.8 Å². The number of thioether (sulfide) groups is 1. The minimum absolute atomic E-state index is 0.0751. The molecule has 1 unspecified atom stereocenters. The van der Waals surface area contributed by atoms with Gasteiger partial charge >= 0.3 is 0 Å². The van der Waals surface area contributed by atoms with Crippen molar-refractivity contribution in [3.8, 4) is 5.75 Å². The lowest BCUT2D eigenvalue weighted by atomic mass is 10.1. The summed E-state index contributed by atoms with van der Waals surface area (Å²) in [5, 5.41) is 2.20. The molecule has 0 bridgehead atoms. The van der Waals surface area contributed by atoms with Gasteiger partial charge in [0.2, 0.25) is 5.91 Å². The molecule has 0 radical (unpaired) electrons. The predicted octanol–water partition coefficient (Wildman–Crippen LogP) is 2.68. The molecule has 2 aromatic carbocycles. The largest absolute Gasteiger partial charge is 0.492 e. The van der Waals surface area contributed by atoms with Crippen LogP contribution in [0.3, 0.4) is 0 Å². The zero-order chi connectivity index (χ0) is 20.4. The maximum atomic E-state index is 12.7. The quantitative estimate of drug-likeness (QED) is 0.673. The van der Waals surface area contributed by atoms with Gasteiger partial charge in [0, 0.05) is 0 Å². The average molecular weight is 409 g/mol. The topological polar surface area (TPSA) is 90.3 Å². The van der Waals surface area contributed by atoms with E-state index in [0.717, 1.165) is 17.3 Å². The van der Waals surface area contributed by atoms with Gasteiger partial charge in [0.25, 0.3) is 10.8 Å². The highest BCUT2D eigenvalue weighted by Crippen LogP contribution is 2.23. The molecule has 0 saturated carbocycles. The first-order chi connectivity index (χ1) is 14.0. The number of aromatic nitrogens is 2. The highest BCUT2D eigenvalue weighted by molar-refractivity contribution is 8.15. The molecule has 148 valence electrons. The number of imide groups is 1. The molecular formula is C21H19N3O4S. The normalized spacial score (nSPS) is 16.2. The molecule has 0 aliphatic carbocycles. The third kappa shape index (κ3) is 4.17. The maximum Gasteiger partial charge on any atom is 0.286 e. The SMILES string of the molecule is Cc1nc2ccccc2c(=O)n1CCOc1ccc(CC2SC(=O)NC2=O)cc1. The zero-order valence-corrected chi connectivity index (χ0v) is 16.6. The summed E-state index contributed by atoms with van der Waals surface area (Å²) < 4.78 is 7.38. The number of nitrogens with one attached hydrogen (secondary N) is 1. The van der Waals surface area contributed by atoms with Crippen molar-refractivity contribution in [3.63, 3.8) is 0 Å². The Morgan fingerprint density at radius 2 is 1.86 bits per heavy atom. The van der Waals surface area contributed by atoms with Crippen LogP contribution < -0.4 is 15.6 Å². The Bertz CT molecular complexity index is 1140. The summed E-state index contributed by atoms with van der Waals surface area (Å²) in [6.45, 7) is 2.53. The van der Waals surface area contributed by atoms with Gasteiger partial charge in [-0.3, -0.25) is 24.3 Å². The molecule has 8 heteroatoms.